The topological polar surface area (TPSA) is 59.4 Å². The minimum Gasteiger partial charge on any atom is -0.497 e. The summed E-state index contributed by atoms with van der Waals surface area (Å²) in [5.74, 6) is -0.250. The molecule has 1 N–H and O–H groups in total. The normalized spacial score (nSPS) is 12.3. The molecule has 3 aromatic carbocycles. The smallest absolute Gasteiger partial charge is 0.227 e. The number of methoxy groups -OCH3 is 1. The molecule has 4 aromatic rings. The quantitative estimate of drug-likeness (QED) is 0.353. The summed E-state index contributed by atoms with van der Waals surface area (Å²) in [6, 6.07) is 16.7. The van der Waals surface area contributed by atoms with Gasteiger partial charge in [-0.2, -0.15) is 0 Å². The fourth-order valence-electron chi connectivity index (χ4n) is 3.75. The molecule has 0 bridgehead atoms. The Hall–Kier alpha value is -3.65. The average molecular weight is 507 g/mol. The van der Waals surface area contributed by atoms with Crippen molar-refractivity contribution in [2.24, 2.45) is 4.99 Å². The lowest BCUT2D eigenvalue weighted by atomic mass is 9.95. The van der Waals surface area contributed by atoms with Crippen LogP contribution in [0.1, 0.15) is 16.7 Å². The maximum Gasteiger partial charge on any atom is 0.227 e. The minimum absolute atomic E-state index is 0.160. The Labute approximate surface area is 197 Å². The van der Waals surface area contributed by atoms with E-state index in [9.17, 15) is 8.78 Å². The van der Waals surface area contributed by atoms with E-state index in [1.54, 1.807) is 19.4 Å². The number of hydrogen-bond acceptors (Lipinski definition) is 5. The lowest BCUT2D eigenvalue weighted by Gasteiger charge is -2.13. The zero-order valence-corrected chi connectivity index (χ0v) is 19.0. The predicted octanol–water partition coefficient (Wildman–Crippen LogP) is 6.29. The summed E-state index contributed by atoms with van der Waals surface area (Å²) in [7, 11) is 1.60. The molecular weight excluding hydrogens is 490 g/mol. The number of benzene rings is 3. The summed E-state index contributed by atoms with van der Waals surface area (Å²) in [6.45, 7) is 0.185. The molecule has 1 aromatic heterocycles. The number of aliphatic imine (C=N–C) groups is 1. The standard InChI is InChI=1S/C25H17BrF2N4O/c1-33-17-5-2-4-16(11-17)31-25-30-13-14-12-29-24(22-20(27)6-3-7-21(22)28)19-10-15(26)8-9-18(19)23(14)32-25/h2-11,13H,12H2,1H3,(H,30,31,32). The van der Waals surface area contributed by atoms with Gasteiger partial charge in [-0.15, -0.1) is 0 Å². The highest BCUT2D eigenvalue weighted by Crippen LogP contribution is 2.35. The number of rotatable bonds is 4. The second kappa shape index (κ2) is 8.71. The molecule has 0 radical (unpaired) electrons. The number of hydrogen-bond donors (Lipinski definition) is 1. The zero-order chi connectivity index (χ0) is 22.9. The van der Waals surface area contributed by atoms with E-state index < -0.39 is 11.6 Å². The van der Waals surface area contributed by atoms with Crippen LogP contribution < -0.4 is 10.1 Å². The fraction of sp³-hybridized carbons (Fsp3) is 0.0800. The van der Waals surface area contributed by atoms with E-state index in [4.69, 9.17) is 9.72 Å². The summed E-state index contributed by atoms with van der Waals surface area (Å²) >= 11 is 3.47. The molecule has 0 saturated carbocycles. The molecule has 5 nitrogen and oxygen atoms in total. The molecule has 1 aliphatic rings. The van der Waals surface area contributed by atoms with Crippen LogP contribution in [0.2, 0.25) is 0 Å². The molecule has 0 aliphatic carbocycles. The largest absolute Gasteiger partial charge is 0.497 e. The Morgan fingerprint density at radius 2 is 1.76 bits per heavy atom. The van der Waals surface area contributed by atoms with Gasteiger partial charge in [0, 0.05) is 39.1 Å². The van der Waals surface area contributed by atoms with Gasteiger partial charge in [0.1, 0.15) is 17.4 Å². The molecule has 1 aliphatic heterocycles. The minimum atomic E-state index is -0.669. The maximum absolute atomic E-state index is 14.7. The molecule has 0 unspecified atom stereocenters. The van der Waals surface area contributed by atoms with Gasteiger partial charge >= 0.3 is 0 Å². The SMILES string of the molecule is COc1cccc(Nc2ncc3c(n2)-c2ccc(Br)cc2C(c2c(F)cccc2F)=NC3)c1. The van der Waals surface area contributed by atoms with Crippen LogP contribution in [-0.4, -0.2) is 22.8 Å². The van der Waals surface area contributed by atoms with Crippen LogP contribution in [-0.2, 0) is 6.54 Å². The molecule has 2 heterocycles. The van der Waals surface area contributed by atoms with Crippen molar-refractivity contribution in [1.82, 2.24) is 9.97 Å². The summed E-state index contributed by atoms with van der Waals surface area (Å²) < 4.78 is 35.4. The van der Waals surface area contributed by atoms with Crippen LogP contribution in [0.4, 0.5) is 20.4 Å². The van der Waals surface area contributed by atoms with Gasteiger partial charge in [0.15, 0.2) is 0 Å². The van der Waals surface area contributed by atoms with E-state index in [2.05, 4.69) is 31.2 Å². The maximum atomic E-state index is 14.7. The molecule has 33 heavy (non-hydrogen) atoms. The summed E-state index contributed by atoms with van der Waals surface area (Å²) in [4.78, 5) is 13.7. The van der Waals surface area contributed by atoms with E-state index >= 15 is 0 Å². The zero-order valence-electron chi connectivity index (χ0n) is 17.4. The van der Waals surface area contributed by atoms with Crippen molar-refractivity contribution in [3.05, 3.63) is 99.7 Å². The second-order valence-electron chi connectivity index (χ2n) is 7.38. The average Bonchev–Trinajstić information content (AvgIpc) is 2.96. The summed E-state index contributed by atoms with van der Waals surface area (Å²) in [5, 5.41) is 3.18. The Morgan fingerprint density at radius 3 is 2.55 bits per heavy atom. The molecular formula is C25H17BrF2N4O. The van der Waals surface area contributed by atoms with Gasteiger partial charge in [0.25, 0.3) is 0 Å². The lowest BCUT2D eigenvalue weighted by Crippen LogP contribution is -2.10. The van der Waals surface area contributed by atoms with Crippen molar-refractivity contribution in [1.29, 1.82) is 0 Å². The van der Waals surface area contributed by atoms with Crippen molar-refractivity contribution >= 4 is 33.3 Å². The first kappa shape index (κ1) is 21.2. The van der Waals surface area contributed by atoms with Gasteiger partial charge in [-0.3, -0.25) is 4.99 Å². The number of anilines is 2. The van der Waals surface area contributed by atoms with Gasteiger partial charge in [-0.05, 0) is 36.4 Å². The van der Waals surface area contributed by atoms with E-state index in [0.29, 0.717) is 28.5 Å². The van der Waals surface area contributed by atoms with Gasteiger partial charge in [0.2, 0.25) is 5.95 Å². The third kappa shape index (κ3) is 4.09. The fourth-order valence-corrected chi connectivity index (χ4v) is 4.11. The van der Waals surface area contributed by atoms with Crippen molar-refractivity contribution in [2.45, 2.75) is 6.54 Å². The number of ether oxygens (including phenoxy) is 1. The van der Waals surface area contributed by atoms with Crippen molar-refractivity contribution in [2.75, 3.05) is 12.4 Å². The predicted molar refractivity (Wildman–Crippen MR) is 127 cm³/mol. The molecule has 0 spiro atoms. The number of nitrogens with one attached hydrogen (secondary N) is 1. The third-order valence-electron chi connectivity index (χ3n) is 5.29. The highest BCUT2D eigenvalue weighted by molar-refractivity contribution is 9.10. The number of aromatic nitrogens is 2. The van der Waals surface area contributed by atoms with E-state index in [1.807, 2.05) is 36.4 Å². The van der Waals surface area contributed by atoms with Crippen LogP contribution in [0.15, 0.2) is 76.3 Å². The third-order valence-corrected chi connectivity index (χ3v) is 5.78. The Morgan fingerprint density at radius 1 is 0.970 bits per heavy atom. The molecule has 0 amide bonds. The van der Waals surface area contributed by atoms with Crippen LogP contribution in [0.25, 0.3) is 11.3 Å². The Balaban J connectivity index is 1.63. The molecule has 0 fully saturated rings. The molecule has 8 heteroatoms. The van der Waals surface area contributed by atoms with Crippen LogP contribution >= 0.6 is 15.9 Å². The summed E-state index contributed by atoms with van der Waals surface area (Å²) in [6.07, 6.45) is 1.68. The van der Waals surface area contributed by atoms with Gasteiger partial charge in [-0.1, -0.05) is 34.1 Å². The van der Waals surface area contributed by atoms with Gasteiger partial charge in [0.05, 0.1) is 30.6 Å². The first-order valence-electron chi connectivity index (χ1n) is 10.1. The van der Waals surface area contributed by atoms with E-state index in [-0.39, 0.29) is 17.8 Å². The molecule has 5 rings (SSSR count). The number of nitrogens with zero attached hydrogens (tertiary/aromatic N) is 3. The highest BCUT2D eigenvalue weighted by Gasteiger charge is 2.25. The van der Waals surface area contributed by atoms with Crippen molar-refractivity contribution < 1.29 is 13.5 Å². The van der Waals surface area contributed by atoms with Gasteiger partial charge in [-0.25, -0.2) is 18.7 Å². The van der Waals surface area contributed by atoms with E-state index in [0.717, 1.165) is 15.7 Å². The number of fused-ring (bicyclic) bond motifs is 3. The summed E-state index contributed by atoms with van der Waals surface area (Å²) in [5.41, 5.74) is 3.54. The van der Waals surface area contributed by atoms with E-state index in [1.165, 1.54) is 18.2 Å². The first-order valence-corrected chi connectivity index (χ1v) is 10.9. The number of halogens is 3. The van der Waals surface area contributed by atoms with Crippen LogP contribution in [0.5, 0.6) is 5.75 Å². The van der Waals surface area contributed by atoms with Crippen LogP contribution in [0, 0.1) is 11.6 Å². The van der Waals surface area contributed by atoms with Crippen molar-refractivity contribution in [3.63, 3.8) is 0 Å². The molecule has 0 atom stereocenters. The molecule has 164 valence electrons. The first-order chi connectivity index (χ1) is 16.0. The highest BCUT2D eigenvalue weighted by atomic mass is 79.9. The lowest BCUT2D eigenvalue weighted by molar-refractivity contribution is 0.415. The van der Waals surface area contributed by atoms with Crippen molar-refractivity contribution in [3.8, 4) is 17.0 Å². The van der Waals surface area contributed by atoms with Gasteiger partial charge < -0.3 is 10.1 Å². The monoisotopic (exact) mass is 506 g/mol. The Bertz CT molecular complexity index is 1390. The second-order valence-corrected chi connectivity index (χ2v) is 8.29. The Kier molecular flexibility index (Phi) is 5.60. The molecule has 0 saturated heterocycles. The van der Waals surface area contributed by atoms with Crippen LogP contribution in [0.3, 0.4) is 0 Å².